The van der Waals surface area contributed by atoms with Gasteiger partial charge in [-0.05, 0) is 50.5 Å². The van der Waals surface area contributed by atoms with Gasteiger partial charge in [-0.25, -0.2) is 9.97 Å². The molecule has 1 amide bonds. The van der Waals surface area contributed by atoms with Gasteiger partial charge in [0.2, 0.25) is 5.91 Å². The topological polar surface area (TPSA) is 93.5 Å². The molecule has 3 aromatic rings. The summed E-state index contributed by atoms with van der Waals surface area (Å²) in [5.41, 5.74) is 2.90. The first-order valence-electron chi connectivity index (χ1n) is 11.9. The molecule has 2 aliphatic rings. The maximum Gasteiger partial charge on any atom is 0.252 e. The normalized spacial score (nSPS) is 15.8. The third-order valence-electron chi connectivity index (χ3n) is 6.32. The molecule has 184 valence electrons. The van der Waals surface area contributed by atoms with E-state index >= 15 is 0 Å². The Morgan fingerprint density at radius 1 is 1.11 bits per heavy atom. The van der Waals surface area contributed by atoms with E-state index in [0.29, 0.717) is 23.9 Å². The van der Waals surface area contributed by atoms with Gasteiger partial charge in [-0.1, -0.05) is 6.58 Å². The molecular weight excluding hydrogens is 444 g/mol. The molecule has 0 N–H and O–H groups in total. The van der Waals surface area contributed by atoms with E-state index in [4.69, 9.17) is 4.74 Å². The van der Waals surface area contributed by atoms with Crippen LogP contribution >= 0.6 is 0 Å². The predicted molar refractivity (Wildman–Crippen MR) is 135 cm³/mol. The van der Waals surface area contributed by atoms with Crippen molar-refractivity contribution >= 4 is 22.6 Å². The number of anilines is 1. The van der Waals surface area contributed by atoms with Crippen molar-refractivity contribution in [3.8, 4) is 0 Å². The van der Waals surface area contributed by atoms with Crippen LogP contribution in [0, 0.1) is 19.8 Å². The zero-order valence-electron chi connectivity index (χ0n) is 20.4. The first kappa shape index (κ1) is 24.5. The molecule has 0 spiro atoms. The van der Waals surface area contributed by atoms with Crippen molar-refractivity contribution in [2.24, 2.45) is 5.92 Å². The summed E-state index contributed by atoms with van der Waals surface area (Å²) in [5, 5.41) is 0.863. The van der Waals surface area contributed by atoms with Gasteiger partial charge in [0.25, 0.3) is 5.56 Å². The number of pyridine rings is 2. The van der Waals surface area contributed by atoms with E-state index in [1.165, 1.54) is 11.8 Å². The van der Waals surface area contributed by atoms with E-state index in [1.807, 2.05) is 26.1 Å². The van der Waals surface area contributed by atoms with Crippen LogP contribution in [0.15, 0.2) is 54.1 Å². The molecule has 0 saturated carbocycles. The van der Waals surface area contributed by atoms with Crippen LogP contribution in [-0.4, -0.2) is 69.7 Å². The number of hydrogen-bond donors (Lipinski definition) is 0. The molecule has 2 fully saturated rings. The smallest absolute Gasteiger partial charge is 0.252 e. The summed E-state index contributed by atoms with van der Waals surface area (Å²) in [7, 11) is 0. The summed E-state index contributed by atoms with van der Waals surface area (Å²) in [5.74, 6) is 1.05. The van der Waals surface area contributed by atoms with Crippen molar-refractivity contribution in [1.82, 2.24) is 24.4 Å². The number of amides is 1. The SMILES string of the molecule is C=CC(=O)N1CC(CCn2c(=O)ccc3cnc(C)nc32)C1.Cc1ccc(N2CCOCC2)cn1. The van der Waals surface area contributed by atoms with Crippen LogP contribution in [-0.2, 0) is 16.1 Å². The summed E-state index contributed by atoms with van der Waals surface area (Å²) < 4.78 is 6.98. The molecule has 0 atom stereocenters. The lowest BCUT2D eigenvalue weighted by atomic mass is 9.96. The zero-order valence-corrected chi connectivity index (χ0v) is 20.4. The van der Waals surface area contributed by atoms with Crippen LogP contribution in [0.1, 0.15) is 17.9 Å². The number of carbonyl (C=O) groups excluding carboxylic acids is 1. The first-order chi connectivity index (χ1) is 16.9. The summed E-state index contributed by atoms with van der Waals surface area (Å²) in [4.78, 5) is 40.4. The lowest BCUT2D eigenvalue weighted by molar-refractivity contribution is -0.132. The number of carbonyl (C=O) groups is 1. The quantitative estimate of drug-likeness (QED) is 0.522. The number of hydrogen-bond acceptors (Lipinski definition) is 7. The number of rotatable bonds is 5. The maximum atomic E-state index is 12.1. The number of aromatic nitrogens is 4. The molecule has 3 aromatic heterocycles. The number of morpholine rings is 1. The minimum Gasteiger partial charge on any atom is -0.378 e. The summed E-state index contributed by atoms with van der Waals surface area (Å²) >= 11 is 0. The summed E-state index contributed by atoms with van der Waals surface area (Å²) in [6.45, 7) is 13.0. The van der Waals surface area contributed by atoms with E-state index in [1.54, 1.807) is 27.8 Å². The highest BCUT2D eigenvalue weighted by Crippen LogP contribution is 2.20. The maximum absolute atomic E-state index is 12.1. The number of nitrogens with zero attached hydrogens (tertiary/aromatic N) is 6. The Labute approximate surface area is 205 Å². The fourth-order valence-corrected chi connectivity index (χ4v) is 4.21. The number of likely N-dealkylation sites (tertiary alicyclic amines) is 1. The first-order valence-corrected chi connectivity index (χ1v) is 11.9. The second-order valence-corrected chi connectivity index (χ2v) is 8.88. The van der Waals surface area contributed by atoms with Gasteiger partial charge in [0.15, 0.2) is 0 Å². The van der Waals surface area contributed by atoms with Crippen LogP contribution in [0.4, 0.5) is 5.69 Å². The number of ether oxygens (including phenoxy) is 1. The molecular formula is C26H32N6O3. The van der Waals surface area contributed by atoms with Crippen LogP contribution in [0.5, 0.6) is 0 Å². The molecule has 0 aliphatic carbocycles. The number of fused-ring (bicyclic) bond motifs is 1. The van der Waals surface area contributed by atoms with Crippen molar-refractivity contribution in [3.05, 3.63) is 71.2 Å². The van der Waals surface area contributed by atoms with Crippen molar-refractivity contribution < 1.29 is 9.53 Å². The third-order valence-corrected chi connectivity index (χ3v) is 6.32. The molecule has 0 bridgehead atoms. The fourth-order valence-electron chi connectivity index (χ4n) is 4.21. The standard InChI is InChI=1S/C16H18N4O2.C10H14N2O/c1-3-14(21)19-9-12(10-19)6-7-20-15(22)5-4-13-8-17-11(2)18-16(13)20;1-9-2-3-10(8-11-9)12-4-6-13-7-5-12/h3-5,8,12H,1,6-7,9-10H2,2H3;2-3,8H,4-7H2,1H3. The molecule has 2 aliphatic heterocycles. The van der Waals surface area contributed by atoms with Crippen molar-refractivity contribution in [2.75, 3.05) is 44.3 Å². The van der Waals surface area contributed by atoms with Gasteiger partial charge < -0.3 is 14.5 Å². The van der Waals surface area contributed by atoms with Crippen LogP contribution in [0.2, 0.25) is 0 Å². The highest BCUT2D eigenvalue weighted by Gasteiger charge is 2.28. The highest BCUT2D eigenvalue weighted by atomic mass is 16.5. The molecule has 9 nitrogen and oxygen atoms in total. The van der Waals surface area contributed by atoms with Gasteiger partial charge in [-0.3, -0.25) is 19.1 Å². The Morgan fingerprint density at radius 3 is 2.57 bits per heavy atom. The average molecular weight is 477 g/mol. The molecule has 0 radical (unpaired) electrons. The van der Waals surface area contributed by atoms with Gasteiger partial charge >= 0.3 is 0 Å². The molecule has 2 saturated heterocycles. The Balaban J connectivity index is 0.000000189. The van der Waals surface area contributed by atoms with Crippen LogP contribution in [0.3, 0.4) is 0 Å². The Morgan fingerprint density at radius 2 is 1.89 bits per heavy atom. The van der Waals surface area contributed by atoms with E-state index in [-0.39, 0.29) is 11.5 Å². The minimum absolute atomic E-state index is 0.0260. The van der Waals surface area contributed by atoms with Gasteiger partial charge in [0.1, 0.15) is 11.5 Å². The fraction of sp³-hybridized carbons (Fsp3) is 0.423. The van der Waals surface area contributed by atoms with Gasteiger partial charge in [0.05, 0.1) is 25.1 Å². The number of aryl methyl sites for hydroxylation is 3. The second kappa shape index (κ2) is 11.2. The Bertz CT molecular complexity index is 1230. The van der Waals surface area contributed by atoms with Crippen molar-refractivity contribution in [1.29, 1.82) is 0 Å². The minimum atomic E-state index is -0.0519. The molecule has 0 aromatic carbocycles. The Hall–Kier alpha value is -3.59. The van der Waals surface area contributed by atoms with Crippen LogP contribution in [0.25, 0.3) is 11.0 Å². The average Bonchev–Trinajstić information content (AvgIpc) is 2.85. The highest BCUT2D eigenvalue weighted by molar-refractivity contribution is 5.87. The summed E-state index contributed by atoms with van der Waals surface area (Å²) in [6, 6.07) is 7.47. The molecule has 35 heavy (non-hydrogen) atoms. The van der Waals surface area contributed by atoms with Crippen LogP contribution < -0.4 is 10.5 Å². The molecule has 9 heteroatoms. The molecule has 0 unspecified atom stereocenters. The third kappa shape index (κ3) is 6.10. The van der Waals surface area contributed by atoms with Gasteiger partial charge in [-0.15, -0.1) is 0 Å². The zero-order chi connectivity index (χ0) is 24.8. The van der Waals surface area contributed by atoms with Crippen molar-refractivity contribution in [3.63, 3.8) is 0 Å². The summed E-state index contributed by atoms with van der Waals surface area (Å²) in [6.07, 6.45) is 5.86. The van der Waals surface area contributed by atoms with E-state index < -0.39 is 0 Å². The van der Waals surface area contributed by atoms with E-state index in [0.717, 1.165) is 56.9 Å². The monoisotopic (exact) mass is 476 g/mol. The predicted octanol–water partition coefficient (Wildman–Crippen LogP) is 2.36. The van der Waals surface area contributed by atoms with Gasteiger partial charge in [0, 0.05) is 56.1 Å². The van der Waals surface area contributed by atoms with Crippen molar-refractivity contribution in [2.45, 2.75) is 26.8 Å². The second-order valence-electron chi connectivity index (χ2n) is 8.88. The Kier molecular flexibility index (Phi) is 7.87. The van der Waals surface area contributed by atoms with E-state index in [9.17, 15) is 9.59 Å². The largest absolute Gasteiger partial charge is 0.378 e. The van der Waals surface area contributed by atoms with E-state index in [2.05, 4.69) is 32.5 Å². The molecule has 5 heterocycles. The lowest BCUT2D eigenvalue weighted by Crippen LogP contribution is -2.49. The van der Waals surface area contributed by atoms with Gasteiger partial charge in [-0.2, -0.15) is 0 Å². The molecule has 5 rings (SSSR count). The lowest BCUT2D eigenvalue weighted by Gasteiger charge is -2.38.